The fourth-order valence-electron chi connectivity index (χ4n) is 4.80. The van der Waals surface area contributed by atoms with E-state index in [9.17, 15) is 14.4 Å². The summed E-state index contributed by atoms with van der Waals surface area (Å²) in [7, 11) is 1.62. The van der Waals surface area contributed by atoms with Crippen LogP contribution in [0, 0.1) is 11.8 Å². The summed E-state index contributed by atoms with van der Waals surface area (Å²) in [5.41, 5.74) is 1.02. The number of hydrogen-bond donors (Lipinski definition) is 3. The number of ether oxygens (including phenoxy) is 2. The number of ketones is 1. The molecule has 1 aliphatic rings. The number of epoxide rings is 1. The maximum atomic E-state index is 13.7. The Bertz CT molecular complexity index is 1210. The molecular formula is C33H45N3O5S. The molecule has 0 aromatic heterocycles. The average Bonchev–Trinajstić information content (AvgIpc) is 3.70. The van der Waals surface area contributed by atoms with Crippen LogP contribution in [-0.2, 0) is 32.0 Å². The molecule has 1 aliphatic heterocycles. The van der Waals surface area contributed by atoms with Gasteiger partial charge in [-0.3, -0.25) is 14.4 Å². The predicted molar refractivity (Wildman–Crippen MR) is 169 cm³/mol. The molecule has 2 amide bonds. The van der Waals surface area contributed by atoms with Gasteiger partial charge in [-0.1, -0.05) is 82.4 Å². The molecule has 3 N–H and O–H groups in total. The Morgan fingerprint density at radius 2 is 1.38 bits per heavy atom. The van der Waals surface area contributed by atoms with Crippen molar-refractivity contribution in [3.8, 4) is 5.75 Å². The number of amides is 2. The highest BCUT2D eigenvalue weighted by atomic mass is 32.1. The van der Waals surface area contributed by atoms with E-state index in [1.807, 2.05) is 82.3 Å². The molecule has 1 heterocycles. The van der Waals surface area contributed by atoms with Crippen molar-refractivity contribution in [3.05, 3.63) is 65.7 Å². The molecule has 42 heavy (non-hydrogen) atoms. The van der Waals surface area contributed by atoms with E-state index in [0.29, 0.717) is 30.9 Å². The van der Waals surface area contributed by atoms with Crippen LogP contribution in [0.2, 0.25) is 0 Å². The number of hydrogen-bond acceptors (Lipinski definition) is 6. The Kier molecular flexibility index (Phi) is 12.1. The third-order valence-electron chi connectivity index (χ3n) is 7.24. The fraction of sp³-hybridized carbons (Fsp3) is 0.515. The predicted octanol–water partition coefficient (Wildman–Crippen LogP) is 4.19. The Morgan fingerprint density at radius 1 is 0.833 bits per heavy atom. The van der Waals surface area contributed by atoms with Gasteiger partial charge in [0.1, 0.15) is 23.4 Å². The third kappa shape index (κ3) is 10.2. The van der Waals surface area contributed by atoms with E-state index < -0.39 is 29.6 Å². The summed E-state index contributed by atoms with van der Waals surface area (Å²) >= 11 is 5.63. The van der Waals surface area contributed by atoms with Crippen molar-refractivity contribution in [1.82, 2.24) is 16.0 Å². The number of carbonyl (C=O) groups excluding carboxylic acids is 3. The summed E-state index contributed by atoms with van der Waals surface area (Å²) in [6, 6.07) is 14.9. The van der Waals surface area contributed by atoms with Crippen LogP contribution in [-0.4, -0.2) is 60.0 Å². The highest BCUT2D eigenvalue weighted by Crippen LogP contribution is 2.29. The highest BCUT2D eigenvalue weighted by Gasteiger charge is 2.50. The topological polar surface area (TPSA) is 109 Å². The van der Waals surface area contributed by atoms with Crippen molar-refractivity contribution in [3.63, 3.8) is 0 Å². The molecule has 8 nitrogen and oxygen atoms in total. The Morgan fingerprint density at radius 3 is 1.93 bits per heavy atom. The first-order valence-corrected chi connectivity index (χ1v) is 15.1. The van der Waals surface area contributed by atoms with E-state index in [0.717, 1.165) is 16.9 Å². The van der Waals surface area contributed by atoms with Gasteiger partial charge in [0.15, 0.2) is 5.78 Å². The van der Waals surface area contributed by atoms with Crippen LogP contribution in [0.3, 0.4) is 0 Å². The Balaban J connectivity index is 1.76. The second kappa shape index (κ2) is 15.3. The van der Waals surface area contributed by atoms with Gasteiger partial charge < -0.3 is 25.4 Å². The van der Waals surface area contributed by atoms with E-state index in [1.165, 1.54) is 0 Å². The van der Waals surface area contributed by atoms with Crippen LogP contribution >= 0.6 is 12.2 Å². The summed E-state index contributed by atoms with van der Waals surface area (Å²) < 4.78 is 10.6. The van der Waals surface area contributed by atoms with Gasteiger partial charge >= 0.3 is 0 Å². The number of thiocarbonyl (C=S) groups is 1. The molecule has 0 unspecified atom stereocenters. The zero-order chi connectivity index (χ0) is 30.9. The summed E-state index contributed by atoms with van der Waals surface area (Å²) in [4.78, 5) is 41.1. The average molecular weight is 596 g/mol. The van der Waals surface area contributed by atoms with Gasteiger partial charge in [0.05, 0.1) is 24.7 Å². The van der Waals surface area contributed by atoms with Crippen molar-refractivity contribution in [2.24, 2.45) is 11.8 Å². The van der Waals surface area contributed by atoms with Crippen molar-refractivity contribution >= 4 is 34.8 Å². The molecule has 9 heteroatoms. The van der Waals surface area contributed by atoms with Crippen molar-refractivity contribution in [2.75, 3.05) is 13.7 Å². The van der Waals surface area contributed by atoms with Crippen LogP contribution < -0.4 is 20.7 Å². The zero-order valence-corrected chi connectivity index (χ0v) is 26.4. The summed E-state index contributed by atoms with van der Waals surface area (Å²) in [6.45, 7) is 10.2. The molecule has 3 rings (SSSR count). The van der Waals surface area contributed by atoms with Crippen LogP contribution in [0.1, 0.15) is 58.6 Å². The molecule has 0 saturated carbocycles. The number of carbonyl (C=O) groups is 3. The molecule has 228 valence electrons. The SMILES string of the molecule is COc1ccc(CC(=S)N[C@@H](CC(C)C)C(=O)N[C@@H](Cc2ccccc2)C(=O)N[C@@H](CC(C)C)C(=O)[C@@]2(C)CO2)cc1. The lowest BCUT2D eigenvalue weighted by atomic mass is 9.93. The van der Waals surface area contributed by atoms with Gasteiger partial charge in [0.2, 0.25) is 11.8 Å². The molecule has 0 aliphatic carbocycles. The van der Waals surface area contributed by atoms with Crippen LogP contribution in [0.5, 0.6) is 5.75 Å². The maximum absolute atomic E-state index is 13.7. The quantitative estimate of drug-likeness (QED) is 0.197. The van der Waals surface area contributed by atoms with Gasteiger partial charge in [-0.05, 0) is 54.9 Å². The summed E-state index contributed by atoms with van der Waals surface area (Å²) in [5, 5.41) is 9.15. The fourth-order valence-corrected chi connectivity index (χ4v) is 5.11. The van der Waals surface area contributed by atoms with E-state index in [-0.39, 0.29) is 29.9 Å². The first-order chi connectivity index (χ1) is 19.9. The monoisotopic (exact) mass is 595 g/mol. The summed E-state index contributed by atoms with van der Waals surface area (Å²) in [5.74, 6) is 0.271. The molecule has 1 saturated heterocycles. The first-order valence-electron chi connectivity index (χ1n) is 14.7. The minimum absolute atomic E-state index is 0.141. The number of methoxy groups -OCH3 is 1. The highest BCUT2D eigenvalue weighted by molar-refractivity contribution is 7.80. The maximum Gasteiger partial charge on any atom is 0.243 e. The van der Waals surface area contributed by atoms with Crippen LogP contribution in [0.25, 0.3) is 0 Å². The molecule has 0 radical (unpaired) electrons. The molecule has 0 bridgehead atoms. The van der Waals surface area contributed by atoms with E-state index in [4.69, 9.17) is 21.7 Å². The van der Waals surface area contributed by atoms with Crippen LogP contribution in [0.4, 0.5) is 0 Å². The standard InChI is InChI=1S/C33H45N3O5S/c1-21(2)16-26(30(37)33(5)20-41-33)35-32(39)28(18-23-10-8-7-9-11-23)36-31(38)27(17-22(3)4)34-29(42)19-24-12-14-25(40-6)15-13-24/h7-15,21-22,26-28H,16-20H2,1-6H3,(H,34,42)(H,35,39)(H,36,38)/t26-,27-,28-,33+/m0/s1. The minimum Gasteiger partial charge on any atom is -0.497 e. The van der Waals surface area contributed by atoms with E-state index in [2.05, 4.69) is 16.0 Å². The molecule has 0 spiro atoms. The second-order valence-corrected chi connectivity index (χ2v) is 12.6. The van der Waals surface area contributed by atoms with Crippen molar-refractivity contribution < 1.29 is 23.9 Å². The normalized spacial score (nSPS) is 18.1. The van der Waals surface area contributed by atoms with Crippen LogP contribution in [0.15, 0.2) is 54.6 Å². The van der Waals surface area contributed by atoms with E-state index >= 15 is 0 Å². The Hall–Kier alpha value is -3.30. The lowest BCUT2D eigenvalue weighted by Gasteiger charge is -2.27. The van der Waals surface area contributed by atoms with Gasteiger partial charge in [-0.2, -0.15) is 0 Å². The molecular weight excluding hydrogens is 550 g/mol. The number of Topliss-reactive ketones (excluding diaryl/α,β-unsaturated/α-hetero) is 1. The lowest BCUT2D eigenvalue weighted by molar-refractivity contribution is -0.133. The molecule has 2 aromatic carbocycles. The Labute approximate surface area is 255 Å². The molecule has 4 atom stereocenters. The number of rotatable bonds is 16. The number of benzene rings is 2. The summed E-state index contributed by atoms with van der Waals surface area (Å²) in [6.07, 6.45) is 1.75. The smallest absolute Gasteiger partial charge is 0.243 e. The van der Waals surface area contributed by atoms with Gasteiger partial charge in [0, 0.05) is 12.8 Å². The lowest BCUT2D eigenvalue weighted by Crippen LogP contribution is -2.57. The molecule has 2 aromatic rings. The number of nitrogens with one attached hydrogen (secondary N) is 3. The molecule has 1 fully saturated rings. The largest absolute Gasteiger partial charge is 0.497 e. The van der Waals surface area contributed by atoms with Crippen molar-refractivity contribution in [2.45, 2.75) is 84.0 Å². The van der Waals surface area contributed by atoms with Gasteiger partial charge in [0.25, 0.3) is 0 Å². The third-order valence-corrected chi connectivity index (χ3v) is 7.50. The first kappa shape index (κ1) is 33.2. The minimum atomic E-state index is -0.887. The van der Waals surface area contributed by atoms with Gasteiger partial charge in [-0.25, -0.2) is 0 Å². The van der Waals surface area contributed by atoms with E-state index in [1.54, 1.807) is 14.0 Å². The van der Waals surface area contributed by atoms with Crippen molar-refractivity contribution in [1.29, 1.82) is 0 Å². The zero-order valence-electron chi connectivity index (χ0n) is 25.6. The van der Waals surface area contributed by atoms with Gasteiger partial charge in [-0.15, -0.1) is 0 Å². The second-order valence-electron chi connectivity index (χ2n) is 12.1.